The van der Waals surface area contributed by atoms with Crippen LogP contribution < -0.4 is 0 Å². The van der Waals surface area contributed by atoms with Gasteiger partial charge in [-0.2, -0.15) is 0 Å². The van der Waals surface area contributed by atoms with Crippen molar-refractivity contribution in [1.29, 1.82) is 0 Å². The second kappa shape index (κ2) is 3.84. The second-order valence-electron chi connectivity index (χ2n) is 2.17. The van der Waals surface area contributed by atoms with E-state index in [0.29, 0.717) is 0 Å². The van der Waals surface area contributed by atoms with E-state index >= 15 is 0 Å². The molecule has 0 aromatic carbocycles. The molecule has 10 heavy (non-hydrogen) atoms. The third-order valence-electron chi connectivity index (χ3n) is 0. The average Bonchev–Trinajstić information content (AvgIpc) is 1.12. The fraction of sp³-hybridized carbons (Fsp3) is 0.750. The first kappa shape index (κ1) is 12.5. The fourth-order valence-corrected chi connectivity index (χ4v) is 0. The van der Waals surface area contributed by atoms with Crippen LogP contribution in [-0.4, -0.2) is 10.7 Å². The van der Waals surface area contributed by atoms with Crippen molar-refractivity contribution in [1.82, 2.24) is 0 Å². The Bertz CT molecular complexity index is 226. The number of hydrogen-bond acceptors (Lipinski definition) is 5. The van der Waals surface area contributed by atoms with Crippen LogP contribution >= 0.6 is 0 Å². The molecule has 0 aliphatic carbocycles. The monoisotopic (exact) mass is 329 g/mol. The molecule has 0 amide bonds. The van der Waals surface area contributed by atoms with E-state index in [-0.39, 0.29) is 0 Å². The molecule has 0 radical (unpaired) electrons. The number of hydrogen-bond donors (Lipinski definition) is 1. The normalized spacial score (nSPS) is 11.6. The summed E-state index contributed by atoms with van der Waals surface area (Å²) in [6, 6.07) is 0. The quantitative estimate of drug-likeness (QED) is 0.638. The van der Waals surface area contributed by atoms with Crippen LogP contribution in [0.2, 0.25) is 0 Å². The van der Waals surface area contributed by atoms with E-state index in [0.717, 1.165) is 0 Å². The molecule has 0 aromatic rings. The van der Waals surface area contributed by atoms with Gasteiger partial charge in [0.15, 0.2) is 0 Å². The third-order valence-corrected chi connectivity index (χ3v) is 0. The number of aliphatic hydroxyl groups is 1. The van der Waals surface area contributed by atoms with E-state index in [1.807, 2.05) is 0 Å². The molecular weight excluding hydrogens is 318 g/mol. The molecule has 0 fully saturated rings. The Labute approximate surface area is 61.0 Å². The Kier molecular flexibility index (Phi) is 4.79. The molecule has 1 N–H and O–H groups in total. The topological polar surface area (TPSA) is 88.5 Å². The van der Waals surface area contributed by atoms with Gasteiger partial charge in [-0.3, -0.25) is 0 Å². The second-order valence-corrected chi connectivity index (χ2v) is 4.71. The van der Waals surface area contributed by atoms with Gasteiger partial charge in [-0.15, -0.1) is 0 Å². The zero-order chi connectivity index (χ0) is 9.00. The van der Waals surface area contributed by atoms with Crippen LogP contribution in [0.15, 0.2) is 0 Å². The first-order chi connectivity index (χ1) is 4.00. The molecule has 0 saturated carbocycles. The van der Waals surface area contributed by atoms with E-state index in [2.05, 4.69) is 6.92 Å². The molecule has 64 valence electrons. The molecular formula is C4H9O5Os-. The molecule has 0 heterocycles. The summed E-state index contributed by atoms with van der Waals surface area (Å²) >= 11 is -6.06. The SMILES string of the molecule is [CH2-]C(C)(C)O.[O]=[Os](=[O])(=[O])=[O]. The molecule has 0 aliphatic heterocycles. The van der Waals surface area contributed by atoms with Crippen LogP contribution in [0.25, 0.3) is 0 Å². The molecule has 0 saturated heterocycles. The van der Waals surface area contributed by atoms with Gasteiger partial charge in [0.1, 0.15) is 0 Å². The van der Waals surface area contributed by atoms with Gasteiger partial charge in [0.2, 0.25) is 0 Å². The van der Waals surface area contributed by atoms with Gasteiger partial charge in [-0.25, -0.2) is 0 Å². The van der Waals surface area contributed by atoms with Crippen molar-refractivity contribution < 1.29 is 34.1 Å². The van der Waals surface area contributed by atoms with Crippen LogP contribution in [0.4, 0.5) is 0 Å². The van der Waals surface area contributed by atoms with Crippen LogP contribution in [0.5, 0.6) is 0 Å². The van der Waals surface area contributed by atoms with E-state index in [9.17, 15) is 0 Å². The Hall–Kier alpha value is -0.204. The third kappa shape index (κ3) is 8680. The Morgan fingerprint density at radius 2 is 1.20 bits per heavy atom. The molecule has 0 unspecified atom stereocenters. The van der Waals surface area contributed by atoms with Crippen LogP contribution in [0.1, 0.15) is 13.8 Å². The number of rotatable bonds is 0. The molecule has 0 bridgehead atoms. The Morgan fingerprint density at radius 3 is 1.20 bits per heavy atom. The molecule has 6 heteroatoms. The molecule has 0 spiro atoms. The van der Waals surface area contributed by atoms with Gasteiger partial charge in [0.05, 0.1) is 0 Å². The van der Waals surface area contributed by atoms with Crippen LogP contribution in [0.3, 0.4) is 0 Å². The van der Waals surface area contributed by atoms with Crippen molar-refractivity contribution in [2.75, 3.05) is 0 Å². The molecule has 0 rings (SSSR count). The van der Waals surface area contributed by atoms with Crippen molar-refractivity contribution in [2.24, 2.45) is 0 Å². The maximum absolute atomic E-state index is 8.63. The zero-order valence-corrected chi connectivity index (χ0v) is 8.18. The van der Waals surface area contributed by atoms with Crippen molar-refractivity contribution in [3.8, 4) is 0 Å². The van der Waals surface area contributed by atoms with Gasteiger partial charge in [0.25, 0.3) is 0 Å². The van der Waals surface area contributed by atoms with E-state index in [4.69, 9.17) is 19.3 Å². The zero-order valence-electron chi connectivity index (χ0n) is 5.64. The van der Waals surface area contributed by atoms with Crippen molar-refractivity contribution in [3.63, 3.8) is 0 Å². The minimum absolute atomic E-state index is 0.750. The van der Waals surface area contributed by atoms with Crippen LogP contribution in [-0.2, 0) is 29.0 Å². The predicted octanol–water partition coefficient (Wildman–Crippen LogP) is 0.114. The van der Waals surface area contributed by atoms with Crippen LogP contribution in [0, 0.1) is 6.92 Å². The van der Waals surface area contributed by atoms with E-state index < -0.39 is 20.4 Å². The molecule has 5 nitrogen and oxygen atoms in total. The summed E-state index contributed by atoms with van der Waals surface area (Å²) in [6.45, 7) is 6.59. The summed E-state index contributed by atoms with van der Waals surface area (Å²) in [6.07, 6.45) is 0. The van der Waals surface area contributed by atoms with E-state index in [1.54, 1.807) is 13.8 Å². The van der Waals surface area contributed by atoms with Gasteiger partial charge in [-0.05, 0) is 0 Å². The Balaban J connectivity index is 0. The van der Waals surface area contributed by atoms with Crippen molar-refractivity contribution in [2.45, 2.75) is 19.4 Å². The van der Waals surface area contributed by atoms with Gasteiger partial charge in [0, 0.05) is 0 Å². The maximum atomic E-state index is 8.63. The minimum atomic E-state index is -6.06. The molecule has 0 aliphatic rings. The summed E-state index contributed by atoms with van der Waals surface area (Å²) < 4.78 is 34.5. The molecule has 0 aromatic heterocycles. The average molecular weight is 327 g/mol. The summed E-state index contributed by atoms with van der Waals surface area (Å²) in [5, 5.41) is 8.41. The van der Waals surface area contributed by atoms with Gasteiger partial charge < -0.3 is 12.0 Å². The van der Waals surface area contributed by atoms with E-state index in [1.165, 1.54) is 0 Å². The standard InChI is InChI=1S/C4H9O.4O.Os/c1-4(2,3)5;;;;;/h5H,1H2,2-3H3;;;;;/q-1;;;;;. The predicted molar refractivity (Wildman–Crippen MR) is 24.4 cm³/mol. The summed E-state index contributed by atoms with van der Waals surface area (Å²) in [5.41, 5.74) is -0.750. The first-order valence-corrected chi connectivity index (χ1v) is 6.30. The van der Waals surface area contributed by atoms with Gasteiger partial charge in [-0.1, -0.05) is 19.4 Å². The Morgan fingerprint density at radius 1 is 1.20 bits per heavy atom. The molecule has 0 atom stereocenters. The van der Waals surface area contributed by atoms with Crippen molar-refractivity contribution >= 4 is 0 Å². The van der Waals surface area contributed by atoms with Crippen molar-refractivity contribution in [3.05, 3.63) is 6.92 Å². The summed E-state index contributed by atoms with van der Waals surface area (Å²) in [4.78, 5) is 0. The fourth-order valence-electron chi connectivity index (χ4n) is 0. The summed E-state index contributed by atoms with van der Waals surface area (Å²) in [5.74, 6) is 0. The summed E-state index contributed by atoms with van der Waals surface area (Å²) in [7, 11) is 0. The van der Waals surface area contributed by atoms with Gasteiger partial charge >= 0.3 is 29.0 Å². The first-order valence-electron chi connectivity index (χ1n) is 2.15.